The zero-order valence-corrected chi connectivity index (χ0v) is 9.90. The van der Waals surface area contributed by atoms with Crippen LogP contribution in [0.25, 0.3) is 11.4 Å². The van der Waals surface area contributed by atoms with Crippen LogP contribution in [0, 0.1) is 0 Å². The molecule has 2 rings (SSSR count). The van der Waals surface area contributed by atoms with E-state index >= 15 is 0 Å². The highest BCUT2D eigenvalue weighted by Crippen LogP contribution is 2.18. The highest BCUT2D eigenvalue weighted by atomic mass is 32.2. The summed E-state index contributed by atoms with van der Waals surface area (Å²) in [6, 6.07) is 6.72. The summed E-state index contributed by atoms with van der Waals surface area (Å²) in [5, 5.41) is 0. The summed E-state index contributed by atoms with van der Waals surface area (Å²) in [6.07, 6.45) is 4.75. The molecule has 0 atom stereocenters. The number of sulfone groups is 1. The maximum Gasteiger partial charge on any atom is 0.175 e. The van der Waals surface area contributed by atoms with Crippen LogP contribution in [0.2, 0.25) is 0 Å². The third-order valence-corrected chi connectivity index (χ3v) is 3.49. The van der Waals surface area contributed by atoms with E-state index < -0.39 is 9.84 Å². The van der Waals surface area contributed by atoms with Crippen molar-refractivity contribution in [2.75, 3.05) is 6.26 Å². The summed E-state index contributed by atoms with van der Waals surface area (Å²) in [5.74, 6) is 0.819. The SMILES string of the molecule is Cn1ccnc1-c1ccc(S(C)(=O)=O)cc1. The largest absolute Gasteiger partial charge is 0.334 e. The van der Waals surface area contributed by atoms with Crippen LogP contribution in [0.1, 0.15) is 0 Å². The van der Waals surface area contributed by atoms with E-state index in [2.05, 4.69) is 4.98 Å². The molecule has 0 aliphatic rings. The number of rotatable bonds is 2. The zero-order valence-electron chi connectivity index (χ0n) is 9.08. The van der Waals surface area contributed by atoms with Crippen molar-refractivity contribution >= 4 is 9.84 Å². The molecule has 0 N–H and O–H groups in total. The van der Waals surface area contributed by atoms with E-state index in [1.807, 2.05) is 17.8 Å². The Balaban J connectivity index is 2.45. The zero-order chi connectivity index (χ0) is 11.8. The maximum absolute atomic E-state index is 11.3. The van der Waals surface area contributed by atoms with Crippen molar-refractivity contribution in [3.05, 3.63) is 36.7 Å². The van der Waals surface area contributed by atoms with Crippen LogP contribution in [0.15, 0.2) is 41.6 Å². The molecule has 1 heterocycles. The Labute approximate surface area is 94.5 Å². The Bertz CT molecular complexity index is 597. The van der Waals surface area contributed by atoms with Gasteiger partial charge in [-0.2, -0.15) is 0 Å². The molecule has 1 aromatic heterocycles. The van der Waals surface area contributed by atoms with Crippen molar-refractivity contribution in [3.63, 3.8) is 0 Å². The number of hydrogen-bond acceptors (Lipinski definition) is 3. The van der Waals surface area contributed by atoms with Gasteiger partial charge in [-0.3, -0.25) is 0 Å². The van der Waals surface area contributed by atoms with E-state index in [0.29, 0.717) is 4.90 Å². The van der Waals surface area contributed by atoms with Gasteiger partial charge in [-0.15, -0.1) is 0 Å². The fourth-order valence-corrected chi connectivity index (χ4v) is 2.13. The van der Waals surface area contributed by atoms with E-state index in [-0.39, 0.29) is 0 Å². The monoisotopic (exact) mass is 236 g/mol. The maximum atomic E-state index is 11.3. The molecule has 0 unspecified atom stereocenters. The fourth-order valence-electron chi connectivity index (χ4n) is 1.49. The van der Waals surface area contributed by atoms with E-state index in [9.17, 15) is 8.42 Å². The van der Waals surface area contributed by atoms with Crippen LogP contribution in [-0.2, 0) is 16.9 Å². The first-order chi connectivity index (χ1) is 7.48. The van der Waals surface area contributed by atoms with Gasteiger partial charge >= 0.3 is 0 Å². The molecule has 0 bridgehead atoms. The second-order valence-electron chi connectivity index (χ2n) is 3.66. The summed E-state index contributed by atoms with van der Waals surface area (Å²) in [7, 11) is -1.23. The molecular weight excluding hydrogens is 224 g/mol. The van der Waals surface area contributed by atoms with Gasteiger partial charge in [0, 0.05) is 31.3 Å². The molecule has 0 saturated carbocycles. The molecule has 0 amide bonds. The Morgan fingerprint density at radius 3 is 2.25 bits per heavy atom. The first-order valence-electron chi connectivity index (χ1n) is 4.76. The Hall–Kier alpha value is -1.62. The van der Waals surface area contributed by atoms with Gasteiger partial charge in [0.15, 0.2) is 9.84 Å². The topological polar surface area (TPSA) is 52.0 Å². The van der Waals surface area contributed by atoms with Crippen molar-refractivity contribution in [3.8, 4) is 11.4 Å². The van der Waals surface area contributed by atoms with Crippen molar-refractivity contribution in [2.24, 2.45) is 7.05 Å². The molecule has 0 radical (unpaired) electrons. The lowest BCUT2D eigenvalue weighted by Gasteiger charge is -2.03. The first-order valence-corrected chi connectivity index (χ1v) is 6.65. The molecule has 1 aromatic carbocycles. The van der Waals surface area contributed by atoms with Crippen LogP contribution in [-0.4, -0.2) is 24.2 Å². The van der Waals surface area contributed by atoms with E-state index in [1.54, 1.807) is 30.5 Å². The lowest BCUT2D eigenvalue weighted by atomic mass is 10.2. The standard InChI is InChI=1S/C11H12N2O2S/c1-13-8-7-12-11(13)9-3-5-10(6-4-9)16(2,14)15/h3-8H,1-2H3. The highest BCUT2D eigenvalue weighted by molar-refractivity contribution is 7.90. The molecule has 0 saturated heterocycles. The summed E-state index contributed by atoms with van der Waals surface area (Å²) >= 11 is 0. The summed E-state index contributed by atoms with van der Waals surface area (Å²) in [6.45, 7) is 0. The van der Waals surface area contributed by atoms with Crippen LogP contribution < -0.4 is 0 Å². The van der Waals surface area contributed by atoms with Crippen LogP contribution in [0.4, 0.5) is 0 Å². The second kappa shape index (κ2) is 3.75. The minimum atomic E-state index is -3.13. The van der Waals surface area contributed by atoms with Crippen molar-refractivity contribution in [2.45, 2.75) is 4.90 Å². The van der Waals surface area contributed by atoms with Crippen molar-refractivity contribution in [1.82, 2.24) is 9.55 Å². The van der Waals surface area contributed by atoms with Gasteiger partial charge in [-0.25, -0.2) is 13.4 Å². The quantitative estimate of drug-likeness (QED) is 0.793. The number of nitrogens with zero attached hydrogens (tertiary/aromatic N) is 2. The normalized spacial score (nSPS) is 11.6. The predicted octanol–water partition coefficient (Wildman–Crippen LogP) is 1.49. The van der Waals surface area contributed by atoms with Gasteiger partial charge in [0.2, 0.25) is 0 Å². The smallest absolute Gasteiger partial charge is 0.175 e. The minimum Gasteiger partial charge on any atom is -0.334 e. The molecule has 0 aliphatic carbocycles. The molecular formula is C11H12N2O2S. The van der Waals surface area contributed by atoms with Gasteiger partial charge in [-0.1, -0.05) is 0 Å². The van der Waals surface area contributed by atoms with Crippen LogP contribution in [0.5, 0.6) is 0 Å². The van der Waals surface area contributed by atoms with Crippen LogP contribution >= 0.6 is 0 Å². The lowest BCUT2D eigenvalue weighted by Crippen LogP contribution is -1.97. The summed E-state index contributed by atoms with van der Waals surface area (Å²) in [4.78, 5) is 4.52. The third kappa shape index (κ3) is 1.99. The van der Waals surface area contributed by atoms with Gasteiger partial charge in [0.25, 0.3) is 0 Å². The van der Waals surface area contributed by atoms with Gasteiger partial charge < -0.3 is 4.57 Å². The lowest BCUT2D eigenvalue weighted by molar-refractivity contribution is 0.602. The number of hydrogen-bond donors (Lipinski definition) is 0. The van der Waals surface area contributed by atoms with Crippen molar-refractivity contribution < 1.29 is 8.42 Å². The Morgan fingerprint density at radius 2 is 1.81 bits per heavy atom. The average Bonchev–Trinajstić information content (AvgIpc) is 2.63. The van der Waals surface area contributed by atoms with E-state index in [1.165, 1.54) is 6.26 Å². The van der Waals surface area contributed by atoms with Gasteiger partial charge in [-0.05, 0) is 24.3 Å². The Kier molecular flexibility index (Phi) is 2.55. The van der Waals surface area contributed by atoms with Crippen LogP contribution in [0.3, 0.4) is 0 Å². The molecule has 5 heteroatoms. The molecule has 0 fully saturated rings. The molecule has 4 nitrogen and oxygen atoms in total. The average molecular weight is 236 g/mol. The minimum absolute atomic E-state index is 0.324. The second-order valence-corrected chi connectivity index (χ2v) is 5.67. The summed E-state index contributed by atoms with van der Waals surface area (Å²) in [5.41, 5.74) is 0.903. The van der Waals surface area contributed by atoms with E-state index in [0.717, 1.165) is 11.4 Å². The molecule has 84 valence electrons. The number of benzene rings is 1. The van der Waals surface area contributed by atoms with Gasteiger partial charge in [0.05, 0.1) is 4.90 Å². The third-order valence-electron chi connectivity index (χ3n) is 2.36. The fraction of sp³-hybridized carbons (Fsp3) is 0.182. The predicted molar refractivity (Wildman–Crippen MR) is 61.8 cm³/mol. The highest BCUT2D eigenvalue weighted by Gasteiger charge is 2.08. The molecule has 16 heavy (non-hydrogen) atoms. The first kappa shape index (κ1) is 10.9. The molecule has 0 aliphatic heterocycles. The summed E-state index contributed by atoms with van der Waals surface area (Å²) < 4.78 is 24.4. The molecule has 2 aromatic rings. The van der Waals surface area contributed by atoms with Gasteiger partial charge in [0.1, 0.15) is 5.82 Å². The Morgan fingerprint density at radius 1 is 1.19 bits per heavy atom. The number of aromatic nitrogens is 2. The van der Waals surface area contributed by atoms with E-state index in [4.69, 9.17) is 0 Å². The molecule has 0 spiro atoms. The number of imidazole rings is 1. The number of aryl methyl sites for hydroxylation is 1. The van der Waals surface area contributed by atoms with Crippen molar-refractivity contribution in [1.29, 1.82) is 0 Å².